The van der Waals surface area contributed by atoms with E-state index in [0.29, 0.717) is 26.4 Å². The van der Waals surface area contributed by atoms with Crippen molar-refractivity contribution >= 4 is 57.5 Å². The van der Waals surface area contributed by atoms with E-state index < -0.39 is 11.9 Å². The van der Waals surface area contributed by atoms with Crippen molar-refractivity contribution in [2.75, 3.05) is 21.7 Å². The molecule has 4 amide bonds. The quantitative estimate of drug-likeness (QED) is 0.337. The molecule has 0 spiro atoms. The second kappa shape index (κ2) is 9.66. The molecule has 0 atom stereocenters. The van der Waals surface area contributed by atoms with Gasteiger partial charge >= 0.3 is 6.03 Å². The van der Waals surface area contributed by atoms with Crippen LogP contribution in [-0.2, 0) is 4.79 Å². The van der Waals surface area contributed by atoms with Gasteiger partial charge in [-0.2, -0.15) is 0 Å². The Kier molecular flexibility index (Phi) is 6.76. The van der Waals surface area contributed by atoms with Gasteiger partial charge in [0.25, 0.3) is 0 Å². The largest absolute Gasteiger partial charge is 0.366 e. The molecule has 0 aliphatic carbocycles. The molecule has 1 heterocycles. The minimum atomic E-state index is -0.531. The molecule has 0 unspecified atom stereocenters. The van der Waals surface area contributed by atoms with Gasteiger partial charge in [-0.1, -0.05) is 41.3 Å². The summed E-state index contributed by atoms with van der Waals surface area (Å²) in [7, 11) is 0. The molecular weight excluding hydrogens is 412 g/mol. The van der Waals surface area contributed by atoms with Crippen LogP contribution >= 0.6 is 23.1 Å². The number of carbonyl (C=O) groups excluding carboxylic acids is 3. The number of para-hydroxylation sites is 1. The number of amides is 4. The van der Waals surface area contributed by atoms with Gasteiger partial charge in [0.2, 0.25) is 16.9 Å². The Hall–Kier alpha value is -3.44. The maximum Gasteiger partial charge on any atom is 0.325 e. The third-order valence-corrected chi connectivity index (χ3v) is 5.41. The van der Waals surface area contributed by atoms with E-state index in [0.717, 1.165) is 11.3 Å². The van der Waals surface area contributed by atoms with Crippen LogP contribution in [0.2, 0.25) is 0 Å². The third kappa shape index (κ3) is 6.30. The summed E-state index contributed by atoms with van der Waals surface area (Å²) in [4.78, 5) is 35.0. The van der Waals surface area contributed by atoms with E-state index in [1.54, 1.807) is 24.3 Å². The zero-order chi connectivity index (χ0) is 20.6. The van der Waals surface area contributed by atoms with Crippen molar-refractivity contribution in [1.82, 2.24) is 10.2 Å². The summed E-state index contributed by atoms with van der Waals surface area (Å²) in [5, 5.41) is 16.1. The molecule has 9 nitrogen and oxygen atoms in total. The van der Waals surface area contributed by atoms with Crippen molar-refractivity contribution < 1.29 is 14.4 Å². The molecule has 148 valence electrons. The Labute approximate surface area is 174 Å². The van der Waals surface area contributed by atoms with Crippen LogP contribution < -0.4 is 21.7 Å². The van der Waals surface area contributed by atoms with Crippen molar-refractivity contribution in [3.8, 4) is 0 Å². The maximum atomic E-state index is 12.0. The summed E-state index contributed by atoms with van der Waals surface area (Å²) < 4.78 is 0.541. The summed E-state index contributed by atoms with van der Waals surface area (Å²) in [6, 6.07) is 14.8. The van der Waals surface area contributed by atoms with Gasteiger partial charge in [0.15, 0.2) is 4.34 Å². The molecule has 0 saturated heterocycles. The van der Waals surface area contributed by atoms with E-state index in [1.807, 2.05) is 18.2 Å². The summed E-state index contributed by atoms with van der Waals surface area (Å²) in [6.07, 6.45) is 0. The van der Waals surface area contributed by atoms with E-state index in [1.165, 1.54) is 23.9 Å². The van der Waals surface area contributed by atoms with Gasteiger partial charge in [0, 0.05) is 16.9 Å². The van der Waals surface area contributed by atoms with Gasteiger partial charge in [-0.25, -0.2) is 4.79 Å². The number of carbonyl (C=O) groups is 3. The fourth-order valence-corrected chi connectivity index (χ4v) is 3.69. The first-order chi connectivity index (χ1) is 14.0. The lowest BCUT2D eigenvalue weighted by atomic mass is 10.2. The lowest BCUT2D eigenvalue weighted by molar-refractivity contribution is -0.113. The molecule has 29 heavy (non-hydrogen) atoms. The highest BCUT2D eigenvalue weighted by Crippen LogP contribution is 2.25. The highest BCUT2D eigenvalue weighted by molar-refractivity contribution is 8.01. The smallest absolute Gasteiger partial charge is 0.325 e. The van der Waals surface area contributed by atoms with E-state index in [4.69, 9.17) is 5.73 Å². The van der Waals surface area contributed by atoms with Crippen LogP contribution in [0.4, 0.5) is 21.3 Å². The predicted octanol–water partition coefficient (Wildman–Crippen LogP) is 3.01. The Morgan fingerprint density at radius 2 is 1.59 bits per heavy atom. The Morgan fingerprint density at radius 1 is 0.897 bits per heavy atom. The first-order valence-corrected chi connectivity index (χ1v) is 10.1. The van der Waals surface area contributed by atoms with Crippen LogP contribution in [0.5, 0.6) is 0 Å². The number of nitrogens with zero attached hydrogens (tertiary/aromatic N) is 2. The molecular formula is C18H16N6O3S2. The van der Waals surface area contributed by atoms with Crippen molar-refractivity contribution in [2.24, 2.45) is 5.73 Å². The minimum absolute atomic E-state index is 0.114. The summed E-state index contributed by atoms with van der Waals surface area (Å²) in [5.74, 6) is -0.660. The van der Waals surface area contributed by atoms with Gasteiger partial charge in [-0.05, 0) is 36.4 Å². The van der Waals surface area contributed by atoms with Crippen LogP contribution in [0, 0.1) is 0 Å². The van der Waals surface area contributed by atoms with Crippen molar-refractivity contribution in [1.29, 1.82) is 0 Å². The fourth-order valence-electron chi connectivity index (χ4n) is 2.14. The number of benzene rings is 2. The van der Waals surface area contributed by atoms with E-state index in [-0.39, 0.29) is 11.7 Å². The number of hydrogen-bond donors (Lipinski definition) is 4. The number of hydrogen-bond acceptors (Lipinski definition) is 7. The van der Waals surface area contributed by atoms with Crippen LogP contribution in [0.15, 0.2) is 58.9 Å². The molecule has 0 aliphatic rings. The zero-order valence-electron chi connectivity index (χ0n) is 14.9. The number of anilines is 3. The maximum absolute atomic E-state index is 12.0. The molecule has 3 aromatic rings. The van der Waals surface area contributed by atoms with Crippen molar-refractivity contribution in [3.05, 3.63) is 60.2 Å². The number of thioether (sulfide) groups is 1. The topological polar surface area (TPSA) is 139 Å². The van der Waals surface area contributed by atoms with Crippen LogP contribution in [-0.4, -0.2) is 33.8 Å². The average Bonchev–Trinajstić information content (AvgIpc) is 3.14. The molecule has 1 aromatic heterocycles. The van der Waals surface area contributed by atoms with Gasteiger partial charge in [-0.15, -0.1) is 10.2 Å². The number of primary amides is 1. The highest BCUT2D eigenvalue weighted by atomic mass is 32.2. The van der Waals surface area contributed by atoms with Crippen LogP contribution in [0.3, 0.4) is 0 Å². The second-order valence-electron chi connectivity index (χ2n) is 5.60. The van der Waals surface area contributed by atoms with Gasteiger partial charge < -0.3 is 16.4 Å². The molecule has 0 aliphatic heterocycles. The number of aromatic nitrogens is 2. The fraction of sp³-hybridized carbons (Fsp3) is 0.0556. The number of urea groups is 1. The minimum Gasteiger partial charge on any atom is -0.366 e. The molecule has 5 N–H and O–H groups in total. The molecule has 0 radical (unpaired) electrons. The first kappa shape index (κ1) is 20.3. The SMILES string of the molecule is NC(=O)c1ccc(NC(=O)CSc2nnc(NC(=O)Nc3ccccc3)s2)cc1. The van der Waals surface area contributed by atoms with Crippen LogP contribution in [0.25, 0.3) is 0 Å². The number of nitrogens with two attached hydrogens (primary N) is 1. The Morgan fingerprint density at radius 3 is 2.28 bits per heavy atom. The van der Waals surface area contributed by atoms with Gasteiger partial charge in [-0.3, -0.25) is 14.9 Å². The third-order valence-electron chi connectivity index (χ3n) is 3.44. The molecule has 0 fully saturated rings. The van der Waals surface area contributed by atoms with Gasteiger partial charge in [0.1, 0.15) is 0 Å². The van der Waals surface area contributed by atoms with E-state index in [9.17, 15) is 14.4 Å². The molecule has 11 heteroatoms. The monoisotopic (exact) mass is 428 g/mol. The molecule has 0 bridgehead atoms. The average molecular weight is 428 g/mol. The van der Waals surface area contributed by atoms with Crippen LogP contribution in [0.1, 0.15) is 10.4 Å². The van der Waals surface area contributed by atoms with Gasteiger partial charge in [0.05, 0.1) is 5.75 Å². The predicted molar refractivity (Wildman–Crippen MR) is 113 cm³/mol. The normalized spacial score (nSPS) is 10.2. The Bertz CT molecular complexity index is 1010. The summed E-state index contributed by atoms with van der Waals surface area (Å²) in [6.45, 7) is 0. The molecule has 2 aromatic carbocycles. The highest BCUT2D eigenvalue weighted by Gasteiger charge is 2.11. The number of nitrogens with one attached hydrogen (secondary N) is 3. The van der Waals surface area contributed by atoms with Crippen molar-refractivity contribution in [3.63, 3.8) is 0 Å². The van der Waals surface area contributed by atoms with E-state index >= 15 is 0 Å². The second-order valence-corrected chi connectivity index (χ2v) is 7.80. The summed E-state index contributed by atoms with van der Waals surface area (Å²) >= 11 is 2.36. The standard InChI is InChI=1S/C18H16N6O3S2/c19-15(26)11-6-8-13(9-7-11)20-14(25)10-28-18-24-23-17(29-18)22-16(27)21-12-4-2-1-3-5-12/h1-9H,10H2,(H2,19,26)(H,20,25)(H2,21,22,23,27). The Balaban J connectivity index is 1.45. The molecule has 3 rings (SSSR count). The number of rotatable bonds is 7. The first-order valence-electron chi connectivity index (χ1n) is 8.28. The van der Waals surface area contributed by atoms with E-state index in [2.05, 4.69) is 26.1 Å². The molecule has 0 saturated carbocycles. The summed E-state index contributed by atoms with van der Waals surface area (Å²) in [5.41, 5.74) is 6.75. The zero-order valence-corrected chi connectivity index (χ0v) is 16.5. The lowest BCUT2D eigenvalue weighted by Gasteiger charge is -2.04. The van der Waals surface area contributed by atoms with Crippen molar-refractivity contribution in [2.45, 2.75) is 4.34 Å². The lowest BCUT2D eigenvalue weighted by Crippen LogP contribution is -2.19.